The van der Waals surface area contributed by atoms with Crippen LogP contribution in [0.5, 0.6) is 0 Å². The number of carboxylic acid groups (broad SMARTS) is 1. The molecule has 1 fully saturated rings. The van der Waals surface area contributed by atoms with E-state index in [0.29, 0.717) is 44.9 Å². The molecule has 1 aromatic carbocycles. The zero-order valence-corrected chi connectivity index (χ0v) is 18.0. The highest BCUT2D eigenvalue weighted by Crippen LogP contribution is 2.34. The predicted octanol–water partition coefficient (Wildman–Crippen LogP) is 1.94. The summed E-state index contributed by atoms with van der Waals surface area (Å²) in [7, 11) is 0. The normalized spacial score (nSPS) is 15.1. The second kappa shape index (κ2) is 11.8. The molecule has 2 N–H and O–H groups in total. The van der Waals surface area contributed by atoms with Gasteiger partial charge in [0, 0.05) is 51.0 Å². The predicted molar refractivity (Wildman–Crippen MR) is 109 cm³/mol. The van der Waals surface area contributed by atoms with E-state index < -0.39 is 36.2 Å². The Kier molecular flexibility index (Phi) is 9.42. The summed E-state index contributed by atoms with van der Waals surface area (Å²) in [6.07, 6.45) is -4.00. The lowest BCUT2D eigenvalue weighted by Crippen LogP contribution is -2.38. The average molecular weight is 478 g/mol. The minimum atomic E-state index is -4.59. The Balaban J connectivity index is 1.95. The molecule has 178 valence electrons. The Labute approximate surface area is 188 Å². The SMILES string of the molecule is O=C([O-])CC(c1cccc(C(F)(F)F)c1)N1CCN(CCCCNC(=O)NCCCl)C1=O. The van der Waals surface area contributed by atoms with E-state index in [1.165, 1.54) is 21.9 Å². The standard InChI is InChI=1S/C20H26ClF3N4O4/c21-6-8-26-18(31)25-7-1-2-9-27-10-11-28(19(27)32)16(13-17(29)30)14-4-3-5-15(12-14)20(22,23)24/h3-5,12,16H,1-2,6-11,13H2,(H,29,30)(H2,25,26,31)/p-1. The maximum Gasteiger partial charge on any atom is 0.416 e. The molecule has 2 rings (SSSR count). The van der Waals surface area contributed by atoms with Gasteiger partial charge in [-0.15, -0.1) is 11.6 Å². The van der Waals surface area contributed by atoms with Crippen molar-refractivity contribution in [1.29, 1.82) is 0 Å². The molecule has 1 aliphatic heterocycles. The summed E-state index contributed by atoms with van der Waals surface area (Å²) in [5, 5.41) is 16.5. The number of urea groups is 2. The number of carbonyl (C=O) groups is 3. The van der Waals surface area contributed by atoms with Crippen LogP contribution in [-0.4, -0.2) is 66.4 Å². The van der Waals surface area contributed by atoms with Gasteiger partial charge in [0.15, 0.2) is 0 Å². The van der Waals surface area contributed by atoms with Gasteiger partial charge in [0.05, 0.1) is 11.6 Å². The first-order chi connectivity index (χ1) is 15.1. The van der Waals surface area contributed by atoms with Gasteiger partial charge in [-0.25, -0.2) is 9.59 Å². The zero-order chi connectivity index (χ0) is 23.7. The van der Waals surface area contributed by atoms with Gasteiger partial charge in [0.2, 0.25) is 0 Å². The number of hydrogen-bond donors (Lipinski definition) is 2. The van der Waals surface area contributed by atoms with Crippen molar-refractivity contribution in [3.8, 4) is 0 Å². The lowest BCUT2D eigenvalue weighted by molar-refractivity contribution is -0.306. The molecule has 0 bridgehead atoms. The van der Waals surface area contributed by atoms with Gasteiger partial charge in [-0.2, -0.15) is 13.2 Å². The molecule has 32 heavy (non-hydrogen) atoms. The Morgan fingerprint density at radius 3 is 2.53 bits per heavy atom. The van der Waals surface area contributed by atoms with Gasteiger partial charge in [-0.3, -0.25) is 0 Å². The van der Waals surface area contributed by atoms with Gasteiger partial charge in [0.25, 0.3) is 0 Å². The Morgan fingerprint density at radius 1 is 1.16 bits per heavy atom. The van der Waals surface area contributed by atoms with E-state index in [0.717, 1.165) is 12.1 Å². The van der Waals surface area contributed by atoms with Crippen LogP contribution < -0.4 is 15.7 Å². The molecule has 0 aromatic heterocycles. The number of rotatable bonds is 11. The number of carboxylic acids is 1. The zero-order valence-electron chi connectivity index (χ0n) is 17.3. The molecule has 1 heterocycles. The molecule has 0 aliphatic carbocycles. The summed E-state index contributed by atoms with van der Waals surface area (Å²) in [5.74, 6) is -1.15. The summed E-state index contributed by atoms with van der Waals surface area (Å²) < 4.78 is 39.2. The van der Waals surface area contributed by atoms with Gasteiger partial charge >= 0.3 is 18.2 Å². The van der Waals surface area contributed by atoms with Gasteiger partial charge in [0.1, 0.15) is 0 Å². The van der Waals surface area contributed by atoms with Crippen LogP contribution in [0.2, 0.25) is 0 Å². The van der Waals surface area contributed by atoms with Crippen LogP contribution in [-0.2, 0) is 11.0 Å². The third kappa shape index (κ3) is 7.47. The van der Waals surface area contributed by atoms with E-state index in [2.05, 4.69) is 10.6 Å². The maximum atomic E-state index is 13.1. The first-order valence-corrected chi connectivity index (χ1v) is 10.7. The lowest BCUT2D eigenvalue weighted by Gasteiger charge is -2.29. The molecule has 1 aliphatic rings. The fourth-order valence-electron chi connectivity index (χ4n) is 3.44. The second-order valence-corrected chi connectivity index (χ2v) is 7.63. The number of benzene rings is 1. The van der Waals surface area contributed by atoms with Crippen LogP contribution in [0.25, 0.3) is 0 Å². The topological polar surface area (TPSA) is 105 Å². The highest BCUT2D eigenvalue weighted by Gasteiger charge is 2.36. The smallest absolute Gasteiger partial charge is 0.416 e. The molecule has 1 atom stereocenters. The van der Waals surface area contributed by atoms with Crippen LogP contribution in [0.15, 0.2) is 24.3 Å². The summed E-state index contributed by atoms with van der Waals surface area (Å²) >= 11 is 5.47. The molecule has 1 saturated heterocycles. The summed E-state index contributed by atoms with van der Waals surface area (Å²) in [6, 6.07) is 2.48. The number of nitrogens with zero attached hydrogens (tertiary/aromatic N) is 2. The minimum Gasteiger partial charge on any atom is -0.550 e. The number of amides is 4. The molecule has 0 radical (unpaired) electrons. The van der Waals surface area contributed by atoms with Crippen LogP contribution in [0.3, 0.4) is 0 Å². The molecule has 8 nitrogen and oxygen atoms in total. The minimum absolute atomic E-state index is 0.0892. The van der Waals surface area contributed by atoms with Crippen molar-refractivity contribution in [3.63, 3.8) is 0 Å². The van der Waals surface area contributed by atoms with Crippen molar-refractivity contribution >= 4 is 29.6 Å². The number of hydrogen-bond acceptors (Lipinski definition) is 4. The van der Waals surface area contributed by atoms with E-state index in [1.54, 1.807) is 0 Å². The quantitative estimate of drug-likeness (QED) is 0.375. The van der Waals surface area contributed by atoms with Crippen LogP contribution >= 0.6 is 11.6 Å². The highest BCUT2D eigenvalue weighted by molar-refractivity contribution is 6.18. The maximum absolute atomic E-state index is 13.1. The Morgan fingerprint density at radius 2 is 1.88 bits per heavy atom. The van der Waals surface area contributed by atoms with Gasteiger partial charge in [-0.05, 0) is 30.5 Å². The number of carbonyl (C=O) groups excluding carboxylic acids is 3. The number of nitrogens with one attached hydrogen (secondary N) is 2. The summed E-state index contributed by atoms with van der Waals surface area (Å²) in [4.78, 5) is 38.2. The van der Waals surface area contributed by atoms with E-state index in [4.69, 9.17) is 11.6 Å². The average Bonchev–Trinajstić information content (AvgIpc) is 3.09. The monoisotopic (exact) mass is 477 g/mol. The Hall–Kier alpha value is -2.69. The number of aliphatic carboxylic acids is 1. The second-order valence-electron chi connectivity index (χ2n) is 7.26. The molecule has 12 heteroatoms. The molecular weight excluding hydrogens is 453 g/mol. The molecular formula is C20H25ClF3N4O4-. The first kappa shape index (κ1) is 25.6. The third-order valence-corrected chi connectivity index (χ3v) is 5.17. The number of unbranched alkanes of at least 4 members (excludes halogenated alkanes) is 1. The molecule has 0 spiro atoms. The molecule has 1 aromatic rings. The van der Waals surface area contributed by atoms with Crippen molar-refractivity contribution in [3.05, 3.63) is 35.4 Å². The van der Waals surface area contributed by atoms with Crippen LogP contribution in [0.1, 0.15) is 36.4 Å². The van der Waals surface area contributed by atoms with Crippen molar-refractivity contribution in [2.24, 2.45) is 0 Å². The first-order valence-electron chi connectivity index (χ1n) is 10.1. The third-order valence-electron chi connectivity index (χ3n) is 4.98. The van der Waals surface area contributed by atoms with E-state index in [-0.39, 0.29) is 18.1 Å². The van der Waals surface area contributed by atoms with Crippen molar-refractivity contribution in [2.45, 2.75) is 31.5 Å². The molecule has 1 unspecified atom stereocenters. The van der Waals surface area contributed by atoms with Gasteiger partial charge in [-0.1, -0.05) is 12.1 Å². The fraction of sp³-hybridized carbons (Fsp3) is 0.550. The highest BCUT2D eigenvalue weighted by atomic mass is 35.5. The van der Waals surface area contributed by atoms with E-state index in [1.807, 2.05) is 0 Å². The fourth-order valence-corrected chi connectivity index (χ4v) is 3.53. The Bertz CT molecular complexity index is 809. The number of halogens is 4. The van der Waals surface area contributed by atoms with Gasteiger partial charge < -0.3 is 30.3 Å². The summed E-state index contributed by atoms with van der Waals surface area (Å²) in [5.41, 5.74) is -0.823. The van der Waals surface area contributed by atoms with Crippen molar-refractivity contribution in [1.82, 2.24) is 20.4 Å². The van der Waals surface area contributed by atoms with Crippen molar-refractivity contribution in [2.75, 3.05) is 38.6 Å². The lowest BCUT2D eigenvalue weighted by atomic mass is 10.00. The molecule has 0 saturated carbocycles. The van der Waals surface area contributed by atoms with E-state index in [9.17, 15) is 32.7 Å². The van der Waals surface area contributed by atoms with E-state index >= 15 is 0 Å². The summed E-state index contributed by atoms with van der Waals surface area (Å²) in [6.45, 7) is 1.64. The van der Waals surface area contributed by atoms with Crippen molar-refractivity contribution < 1.29 is 32.7 Å². The molecule has 4 amide bonds. The largest absolute Gasteiger partial charge is 0.550 e. The van der Waals surface area contributed by atoms with Crippen LogP contribution in [0.4, 0.5) is 22.8 Å². The number of alkyl halides is 4. The van der Waals surface area contributed by atoms with Crippen LogP contribution in [0, 0.1) is 0 Å².